The van der Waals surface area contributed by atoms with Gasteiger partial charge in [-0.25, -0.2) is 9.37 Å². The van der Waals surface area contributed by atoms with Crippen LogP contribution in [0.25, 0.3) is 11.3 Å². The molecule has 2 aliphatic heterocycles. The minimum Gasteiger partial charge on any atom is -0.363 e. The van der Waals surface area contributed by atoms with E-state index in [1.54, 1.807) is 23.6 Å². The van der Waals surface area contributed by atoms with Crippen LogP contribution >= 0.6 is 11.3 Å². The molecule has 28 heavy (non-hydrogen) atoms. The molecule has 0 bridgehead atoms. The van der Waals surface area contributed by atoms with Crippen molar-refractivity contribution in [2.24, 2.45) is 0 Å². The third-order valence-corrected chi connectivity index (χ3v) is 6.46. The van der Waals surface area contributed by atoms with Crippen molar-refractivity contribution in [2.45, 2.75) is 31.6 Å². The average molecular weight is 397 g/mol. The summed E-state index contributed by atoms with van der Waals surface area (Å²) in [6.07, 6.45) is 3.02. The third-order valence-electron chi connectivity index (χ3n) is 5.59. The molecule has 1 amide bonds. The van der Waals surface area contributed by atoms with Crippen LogP contribution in [-0.4, -0.2) is 39.0 Å². The number of carbonyl (C=O) groups is 1. The summed E-state index contributed by atoms with van der Waals surface area (Å²) in [7, 11) is 0. The zero-order valence-electron chi connectivity index (χ0n) is 15.3. The van der Waals surface area contributed by atoms with Gasteiger partial charge < -0.3 is 14.2 Å². The SMILES string of the molecule is O=C(Cc1cccs1)N1CCC2(C1)Cn1c(-c3cccc(F)c3)cnc1CO2. The second-order valence-corrected chi connectivity index (χ2v) is 8.48. The minimum atomic E-state index is -0.402. The fourth-order valence-electron chi connectivity index (χ4n) is 4.11. The first-order chi connectivity index (χ1) is 13.6. The lowest BCUT2D eigenvalue weighted by Crippen LogP contribution is -2.45. The molecule has 3 aromatic rings. The Morgan fingerprint density at radius 1 is 1.29 bits per heavy atom. The fraction of sp³-hybridized carbons (Fsp3) is 0.333. The number of rotatable bonds is 3. The van der Waals surface area contributed by atoms with Crippen LogP contribution in [0, 0.1) is 5.82 Å². The van der Waals surface area contributed by atoms with Crippen LogP contribution in [-0.2, 0) is 29.1 Å². The van der Waals surface area contributed by atoms with E-state index in [1.807, 2.05) is 28.5 Å². The van der Waals surface area contributed by atoms with Gasteiger partial charge in [-0.2, -0.15) is 0 Å². The van der Waals surface area contributed by atoms with Crippen LogP contribution < -0.4 is 0 Å². The van der Waals surface area contributed by atoms with E-state index in [0.29, 0.717) is 32.7 Å². The molecule has 5 rings (SSSR count). The summed E-state index contributed by atoms with van der Waals surface area (Å²) in [6, 6.07) is 10.5. The number of hydrogen-bond donors (Lipinski definition) is 0. The lowest BCUT2D eigenvalue weighted by Gasteiger charge is -2.35. The quantitative estimate of drug-likeness (QED) is 0.680. The zero-order valence-corrected chi connectivity index (χ0v) is 16.1. The van der Waals surface area contributed by atoms with Crippen LogP contribution in [0.5, 0.6) is 0 Å². The maximum atomic E-state index is 13.7. The highest BCUT2D eigenvalue weighted by molar-refractivity contribution is 7.10. The van der Waals surface area contributed by atoms with E-state index in [2.05, 4.69) is 9.55 Å². The highest BCUT2D eigenvalue weighted by Gasteiger charge is 2.44. The van der Waals surface area contributed by atoms with Crippen molar-refractivity contribution in [2.75, 3.05) is 13.1 Å². The number of amides is 1. The predicted octanol–water partition coefficient (Wildman–Crippen LogP) is 3.49. The van der Waals surface area contributed by atoms with Gasteiger partial charge in [0.1, 0.15) is 23.8 Å². The van der Waals surface area contributed by atoms with E-state index in [0.717, 1.165) is 28.4 Å². The molecule has 5 nitrogen and oxygen atoms in total. The molecule has 4 heterocycles. The van der Waals surface area contributed by atoms with Crippen LogP contribution in [0.3, 0.4) is 0 Å². The molecule has 1 aromatic carbocycles. The molecular formula is C21H20FN3O2S. The summed E-state index contributed by atoms with van der Waals surface area (Å²) >= 11 is 1.61. The van der Waals surface area contributed by atoms with E-state index in [9.17, 15) is 9.18 Å². The van der Waals surface area contributed by atoms with Crippen LogP contribution in [0.1, 0.15) is 17.1 Å². The van der Waals surface area contributed by atoms with Gasteiger partial charge in [0, 0.05) is 17.0 Å². The molecule has 1 saturated heterocycles. The summed E-state index contributed by atoms with van der Waals surface area (Å²) in [4.78, 5) is 20.1. The minimum absolute atomic E-state index is 0.143. The van der Waals surface area contributed by atoms with E-state index in [4.69, 9.17) is 4.74 Å². The number of aromatic nitrogens is 2. The normalized spacial score (nSPS) is 21.2. The number of imidazole rings is 1. The lowest BCUT2D eigenvalue weighted by molar-refractivity contribution is -0.132. The Hall–Kier alpha value is -2.51. The van der Waals surface area contributed by atoms with Gasteiger partial charge in [-0.1, -0.05) is 18.2 Å². The van der Waals surface area contributed by atoms with Gasteiger partial charge >= 0.3 is 0 Å². The summed E-state index contributed by atoms with van der Waals surface area (Å²) in [5.74, 6) is 0.721. The number of benzene rings is 1. The predicted molar refractivity (Wildman–Crippen MR) is 104 cm³/mol. The number of thiophene rings is 1. The van der Waals surface area contributed by atoms with Crippen molar-refractivity contribution in [3.8, 4) is 11.3 Å². The Morgan fingerprint density at radius 3 is 3.04 bits per heavy atom. The molecule has 2 aliphatic rings. The molecule has 0 radical (unpaired) electrons. The number of nitrogens with zero attached hydrogens (tertiary/aromatic N) is 3. The zero-order chi connectivity index (χ0) is 19.1. The largest absolute Gasteiger partial charge is 0.363 e. The van der Waals surface area contributed by atoms with Crippen LogP contribution in [0.4, 0.5) is 4.39 Å². The molecule has 1 spiro atoms. The first-order valence-corrected chi connectivity index (χ1v) is 10.2. The fourth-order valence-corrected chi connectivity index (χ4v) is 4.81. The highest BCUT2D eigenvalue weighted by Crippen LogP contribution is 2.35. The lowest BCUT2D eigenvalue weighted by atomic mass is 10.0. The van der Waals surface area contributed by atoms with Crippen molar-refractivity contribution < 1.29 is 13.9 Å². The molecule has 144 valence electrons. The van der Waals surface area contributed by atoms with Gasteiger partial charge in [0.2, 0.25) is 5.91 Å². The summed E-state index contributed by atoms with van der Waals surface area (Å²) in [6.45, 7) is 2.31. The number of likely N-dealkylation sites (tertiary alicyclic amines) is 1. The molecule has 1 atom stereocenters. The molecule has 7 heteroatoms. The number of carbonyl (C=O) groups excluding carboxylic acids is 1. The van der Waals surface area contributed by atoms with Gasteiger partial charge in [-0.05, 0) is 30.0 Å². The first kappa shape index (κ1) is 17.6. The third kappa shape index (κ3) is 3.14. The van der Waals surface area contributed by atoms with Crippen LogP contribution in [0.15, 0.2) is 48.0 Å². The highest BCUT2D eigenvalue weighted by atomic mass is 32.1. The van der Waals surface area contributed by atoms with E-state index < -0.39 is 5.60 Å². The molecule has 0 N–H and O–H groups in total. The van der Waals surface area contributed by atoms with Gasteiger partial charge in [-0.3, -0.25) is 4.79 Å². The number of fused-ring (bicyclic) bond motifs is 1. The van der Waals surface area contributed by atoms with Gasteiger partial charge in [0.15, 0.2) is 0 Å². The molecule has 0 aliphatic carbocycles. The number of hydrogen-bond acceptors (Lipinski definition) is 4. The first-order valence-electron chi connectivity index (χ1n) is 9.36. The molecule has 0 saturated carbocycles. The second kappa shape index (κ2) is 6.83. The van der Waals surface area contributed by atoms with E-state index in [1.165, 1.54) is 12.1 Å². The van der Waals surface area contributed by atoms with Gasteiger partial charge in [0.25, 0.3) is 0 Å². The average Bonchev–Trinajstić information content (AvgIpc) is 3.42. The van der Waals surface area contributed by atoms with Crippen molar-refractivity contribution >= 4 is 17.2 Å². The number of ether oxygens (including phenoxy) is 1. The van der Waals surface area contributed by atoms with Gasteiger partial charge in [-0.15, -0.1) is 11.3 Å². The Labute approximate surface area is 166 Å². The van der Waals surface area contributed by atoms with Crippen molar-refractivity contribution in [1.29, 1.82) is 0 Å². The van der Waals surface area contributed by atoms with E-state index in [-0.39, 0.29) is 11.7 Å². The van der Waals surface area contributed by atoms with Crippen molar-refractivity contribution in [3.05, 3.63) is 64.5 Å². The molecular weight excluding hydrogens is 377 g/mol. The Bertz CT molecular complexity index is 1020. The smallest absolute Gasteiger partial charge is 0.227 e. The maximum Gasteiger partial charge on any atom is 0.227 e. The van der Waals surface area contributed by atoms with Crippen LogP contribution in [0.2, 0.25) is 0 Å². The molecule has 2 aromatic heterocycles. The monoisotopic (exact) mass is 397 g/mol. The second-order valence-electron chi connectivity index (χ2n) is 7.45. The topological polar surface area (TPSA) is 47.4 Å². The maximum absolute atomic E-state index is 13.7. The summed E-state index contributed by atoms with van der Waals surface area (Å²) in [5.41, 5.74) is 1.29. The number of halogens is 1. The molecule has 1 unspecified atom stereocenters. The Kier molecular flexibility index (Phi) is 4.29. The van der Waals surface area contributed by atoms with Gasteiger partial charge in [0.05, 0.1) is 31.4 Å². The van der Waals surface area contributed by atoms with Crippen molar-refractivity contribution in [1.82, 2.24) is 14.5 Å². The van der Waals surface area contributed by atoms with E-state index >= 15 is 0 Å². The Balaban J connectivity index is 1.36. The molecule has 1 fully saturated rings. The Morgan fingerprint density at radius 2 is 2.21 bits per heavy atom. The standard InChI is InChI=1S/C21H20FN3O2S/c22-16-4-1-3-15(9-16)18-11-23-19-12-27-21(14-25(18)19)6-7-24(13-21)20(26)10-17-5-2-8-28-17/h1-5,8-9,11H,6-7,10,12-14H2. The summed E-state index contributed by atoms with van der Waals surface area (Å²) < 4.78 is 22.0. The summed E-state index contributed by atoms with van der Waals surface area (Å²) in [5, 5.41) is 1.99. The van der Waals surface area contributed by atoms with Crippen molar-refractivity contribution in [3.63, 3.8) is 0 Å².